The first-order chi connectivity index (χ1) is 10.6. The van der Waals surface area contributed by atoms with E-state index in [4.69, 9.17) is 4.74 Å². The molecule has 0 fully saturated rings. The number of anilines is 1. The minimum atomic E-state index is -1.27. The van der Waals surface area contributed by atoms with Crippen LogP contribution >= 0.6 is 11.8 Å². The fourth-order valence-electron chi connectivity index (χ4n) is 2.31. The molecule has 0 radical (unpaired) electrons. The van der Waals surface area contributed by atoms with Gasteiger partial charge in [0.15, 0.2) is 0 Å². The van der Waals surface area contributed by atoms with E-state index in [-0.39, 0.29) is 0 Å². The molecule has 0 saturated heterocycles. The van der Waals surface area contributed by atoms with E-state index in [1.165, 1.54) is 12.1 Å². The highest BCUT2D eigenvalue weighted by molar-refractivity contribution is 7.99. The zero-order chi connectivity index (χ0) is 15.7. The number of thioether (sulfide) groups is 1. The van der Waals surface area contributed by atoms with E-state index >= 15 is 0 Å². The van der Waals surface area contributed by atoms with Gasteiger partial charge in [-0.1, -0.05) is 18.2 Å². The van der Waals surface area contributed by atoms with Crippen molar-refractivity contribution in [2.24, 2.45) is 0 Å². The van der Waals surface area contributed by atoms with Gasteiger partial charge < -0.3 is 15.2 Å². The molecule has 1 aliphatic rings. The molecule has 1 amide bonds. The standard InChI is InChI=1S/C16H14FNO3S/c1-21-10-7-5-9(6-8-10)14-13(19)16(20)18-12-4-2-3-11(17)15(12)22-14/h2-8,13-14,19H,1H3,(H,18,20). The normalized spacial score (nSPS) is 20.8. The monoisotopic (exact) mass is 319 g/mol. The van der Waals surface area contributed by atoms with Gasteiger partial charge in [-0.05, 0) is 29.8 Å². The lowest BCUT2D eigenvalue weighted by Gasteiger charge is -2.19. The highest BCUT2D eigenvalue weighted by Gasteiger charge is 2.33. The molecule has 0 aliphatic carbocycles. The van der Waals surface area contributed by atoms with Gasteiger partial charge in [-0.3, -0.25) is 4.79 Å². The lowest BCUT2D eigenvalue weighted by molar-refractivity contribution is -0.124. The lowest BCUT2D eigenvalue weighted by Crippen LogP contribution is -2.30. The van der Waals surface area contributed by atoms with Crippen LogP contribution in [0, 0.1) is 5.82 Å². The summed E-state index contributed by atoms with van der Waals surface area (Å²) < 4.78 is 19.1. The molecule has 2 unspecified atom stereocenters. The van der Waals surface area contributed by atoms with E-state index in [0.29, 0.717) is 16.3 Å². The van der Waals surface area contributed by atoms with E-state index in [1.54, 1.807) is 37.4 Å². The summed E-state index contributed by atoms with van der Waals surface area (Å²) in [7, 11) is 1.56. The van der Waals surface area contributed by atoms with Crippen LogP contribution in [0.15, 0.2) is 47.4 Å². The van der Waals surface area contributed by atoms with Crippen LogP contribution in [0.4, 0.5) is 10.1 Å². The van der Waals surface area contributed by atoms with E-state index in [1.807, 2.05) is 0 Å². The summed E-state index contributed by atoms with van der Waals surface area (Å²) in [6.07, 6.45) is -1.27. The molecule has 0 bridgehead atoms. The topological polar surface area (TPSA) is 58.6 Å². The van der Waals surface area contributed by atoms with Gasteiger partial charge in [0, 0.05) is 0 Å². The maximum atomic E-state index is 14.0. The molecule has 2 atom stereocenters. The Labute approximate surface area is 131 Å². The van der Waals surface area contributed by atoms with Gasteiger partial charge in [-0.2, -0.15) is 0 Å². The number of ether oxygens (including phenoxy) is 1. The molecule has 1 heterocycles. The van der Waals surface area contributed by atoms with Crippen molar-refractivity contribution in [1.82, 2.24) is 0 Å². The smallest absolute Gasteiger partial charge is 0.254 e. The van der Waals surface area contributed by atoms with Crippen molar-refractivity contribution in [3.8, 4) is 5.75 Å². The summed E-state index contributed by atoms with van der Waals surface area (Å²) in [5.41, 5.74) is 1.11. The van der Waals surface area contributed by atoms with Crippen molar-refractivity contribution < 1.29 is 19.0 Å². The van der Waals surface area contributed by atoms with Crippen molar-refractivity contribution in [2.45, 2.75) is 16.2 Å². The minimum Gasteiger partial charge on any atom is -0.497 e. The van der Waals surface area contributed by atoms with Gasteiger partial charge >= 0.3 is 0 Å². The van der Waals surface area contributed by atoms with Crippen LogP contribution in [-0.4, -0.2) is 24.2 Å². The Morgan fingerprint density at radius 1 is 1.23 bits per heavy atom. The van der Waals surface area contributed by atoms with Gasteiger partial charge in [-0.15, -0.1) is 11.8 Å². The fourth-order valence-corrected chi connectivity index (χ4v) is 3.53. The quantitative estimate of drug-likeness (QED) is 0.893. The zero-order valence-corrected chi connectivity index (χ0v) is 12.6. The van der Waals surface area contributed by atoms with Crippen molar-refractivity contribution in [1.29, 1.82) is 0 Å². The van der Waals surface area contributed by atoms with Gasteiger partial charge in [0.1, 0.15) is 17.7 Å². The molecule has 3 rings (SSSR count). The Bertz CT molecular complexity index is 705. The average Bonchev–Trinajstić information content (AvgIpc) is 2.66. The van der Waals surface area contributed by atoms with Crippen molar-refractivity contribution in [3.63, 3.8) is 0 Å². The fraction of sp³-hybridized carbons (Fsp3) is 0.188. The number of hydrogen-bond donors (Lipinski definition) is 2. The average molecular weight is 319 g/mol. The third-order valence-corrected chi connectivity index (χ3v) is 4.90. The summed E-state index contributed by atoms with van der Waals surface area (Å²) in [6.45, 7) is 0. The molecular formula is C16H14FNO3S. The first-order valence-electron chi connectivity index (χ1n) is 6.68. The number of hydrogen-bond acceptors (Lipinski definition) is 4. The van der Waals surface area contributed by atoms with Gasteiger partial charge in [0.2, 0.25) is 0 Å². The van der Waals surface area contributed by atoms with Crippen LogP contribution < -0.4 is 10.1 Å². The molecule has 2 aromatic carbocycles. The molecule has 0 aromatic heterocycles. The minimum absolute atomic E-state index is 0.327. The molecule has 0 saturated carbocycles. The second-order valence-electron chi connectivity index (χ2n) is 4.86. The summed E-state index contributed by atoms with van der Waals surface area (Å²) >= 11 is 1.13. The summed E-state index contributed by atoms with van der Waals surface area (Å²) in [6, 6.07) is 11.5. The highest BCUT2D eigenvalue weighted by atomic mass is 32.2. The number of fused-ring (bicyclic) bond motifs is 1. The molecule has 2 aromatic rings. The number of methoxy groups -OCH3 is 1. The Morgan fingerprint density at radius 2 is 1.95 bits per heavy atom. The maximum Gasteiger partial charge on any atom is 0.254 e. The maximum absolute atomic E-state index is 14.0. The van der Waals surface area contributed by atoms with Crippen LogP contribution in [0.2, 0.25) is 0 Å². The van der Waals surface area contributed by atoms with E-state index < -0.39 is 23.1 Å². The van der Waals surface area contributed by atoms with Gasteiger partial charge in [0.05, 0.1) is 22.9 Å². The number of aliphatic hydroxyl groups excluding tert-OH is 1. The molecule has 2 N–H and O–H groups in total. The molecule has 22 heavy (non-hydrogen) atoms. The number of halogens is 1. The summed E-state index contributed by atoms with van der Waals surface area (Å²) in [5, 5.41) is 12.2. The number of benzene rings is 2. The first kappa shape index (κ1) is 14.9. The molecule has 6 heteroatoms. The van der Waals surface area contributed by atoms with E-state index in [0.717, 1.165) is 17.3 Å². The number of nitrogens with one attached hydrogen (secondary N) is 1. The number of rotatable bonds is 2. The second kappa shape index (κ2) is 5.98. The predicted molar refractivity (Wildman–Crippen MR) is 82.6 cm³/mol. The van der Waals surface area contributed by atoms with Crippen LogP contribution in [0.3, 0.4) is 0 Å². The zero-order valence-electron chi connectivity index (χ0n) is 11.7. The Balaban J connectivity index is 2.02. The lowest BCUT2D eigenvalue weighted by atomic mass is 10.1. The SMILES string of the molecule is COc1ccc(C2Sc3c(F)cccc3NC(=O)C2O)cc1. The summed E-state index contributed by atoms with van der Waals surface area (Å²) in [4.78, 5) is 12.4. The van der Waals surface area contributed by atoms with Crippen molar-refractivity contribution in [2.75, 3.05) is 12.4 Å². The van der Waals surface area contributed by atoms with Gasteiger partial charge in [-0.25, -0.2) is 4.39 Å². The summed E-state index contributed by atoms with van der Waals surface area (Å²) in [5.74, 6) is -0.291. The largest absolute Gasteiger partial charge is 0.497 e. The molecule has 1 aliphatic heterocycles. The number of amides is 1. The second-order valence-corrected chi connectivity index (χ2v) is 6.01. The Hall–Kier alpha value is -2.05. The van der Waals surface area contributed by atoms with Gasteiger partial charge in [0.25, 0.3) is 5.91 Å². The molecule has 4 nitrogen and oxygen atoms in total. The third kappa shape index (κ3) is 2.67. The van der Waals surface area contributed by atoms with Crippen LogP contribution in [0.1, 0.15) is 10.8 Å². The molecule has 0 spiro atoms. The number of carbonyl (C=O) groups is 1. The van der Waals surface area contributed by atoms with E-state index in [2.05, 4.69) is 5.32 Å². The van der Waals surface area contributed by atoms with Crippen molar-refractivity contribution >= 4 is 23.4 Å². The third-order valence-electron chi connectivity index (χ3n) is 3.47. The van der Waals surface area contributed by atoms with Crippen LogP contribution in [-0.2, 0) is 4.79 Å². The Morgan fingerprint density at radius 3 is 2.64 bits per heavy atom. The van der Waals surface area contributed by atoms with Crippen LogP contribution in [0.5, 0.6) is 5.75 Å². The predicted octanol–water partition coefficient (Wildman–Crippen LogP) is 2.98. The Kier molecular flexibility index (Phi) is 4.04. The number of aliphatic hydroxyl groups is 1. The number of carbonyl (C=O) groups excluding carboxylic acids is 1. The van der Waals surface area contributed by atoms with Crippen LogP contribution in [0.25, 0.3) is 0 Å². The van der Waals surface area contributed by atoms with Crippen molar-refractivity contribution in [3.05, 3.63) is 53.8 Å². The highest BCUT2D eigenvalue weighted by Crippen LogP contribution is 2.45. The first-order valence-corrected chi connectivity index (χ1v) is 7.56. The molecule has 114 valence electrons. The van der Waals surface area contributed by atoms with E-state index in [9.17, 15) is 14.3 Å². The molecular weight excluding hydrogens is 305 g/mol.